The summed E-state index contributed by atoms with van der Waals surface area (Å²) in [6.45, 7) is 0.765. The lowest BCUT2D eigenvalue weighted by atomic mass is 10.1. The fourth-order valence-corrected chi connectivity index (χ4v) is 2.45. The number of nitrogens with one attached hydrogen (secondary N) is 2. The standard InChI is InChI=1S/C19H20N2O3/c22-17(13-24-12-14-4-2-1-3-5-14)11-21-19(23)16-6-7-18-15(10-16)8-9-20-18/h1-10,17,20,22H,11-13H2,(H,21,23)/t17-/m0/s1. The molecule has 0 spiro atoms. The first-order valence-electron chi connectivity index (χ1n) is 7.87. The van der Waals surface area contributed by atoms with E-state index in [0.29, 0.717) is 12.2 Å². The van der Waals surface area contributed by atoms with Crippen LogP contribution in [0.25, 0.3) is 10.9 Å². The van der Waals surface area contributed by atoms with Gasteiger partial charge in [-0.3, -0.25) is 4.79 Å². The number of rotatable bonds is 7. The highest BCUT2D eigenvalue weighted by Crippen LogP contribution is 2.14. The SMILES string of the molecule is O=C(NC[C@H](O)COCc1ccccc1)c1ccc2[nH]ccc2c1. The summed E-state index contributed by atoms with van der Waals surface area (Å²) in [6.07, 6.45) is 1.09. The minimum atomic E-state index is -0.742. The minimum Gasteiger partial charge on any atom is -0.389 e. The fraction of sp³-hybridized carbons (Fsp3) is 0.211. The predicted molar refractivity (Wildman–Crippen MR) is 92.7 cm³/mol. The molecule has 5 nitrogen and oxygen atoms in total. The minimum absolute atomic E-state index is 0.152. The monoisotopic (exact) mass is 324 g/mol. The van der Waals surface area contributed by atoms with Gasteiger partial charge >= 0.3 is 0 Å². The maximum atomic E-state index is 12.1. The van der Waals surface area contributed by atoms with E-state index in [-0.39, 0.29) is 19.1 Å². The molecule has 24 heavy (non-hydrogen) atoms. The lowest BCUT2D eigenvalue weighted by Gasteiger charge is -2.12. The molecule has 5 heteroatoms. The Hall–Kier alpha value is -2.63. The average molecular weight is 324 g/mol. The Morgan fingerprint density at radius 1 is 1.17 bits per heavy atom. The van der Waals surface area contributed by atoms with Crippen molar-refractivity contribution in [1.82, 2.24) is 10.3 Å². The zero-order chi connectivity index (χ0) is 16.8. The number of hydrogen-bond donors (Lipinski definition) is 3. The molecule has 3 N–H and O–H groups in total. The van der Waals surface area contributed by atoms with Gasteiger partial charge in [-0.05, 0) is 29.8 Å². The smallest absolute Gasteiger partial charge is 0.251 e. The average Bonchev–Trinajstić information content (AvgIpc) is 3.08. The normalized spacial score (nSPS) is 12.2. The van der Waals surface area contributed by atoms with Crippen LogP contribution in [0.4, 0.5) is 0 Å². The quantitative estimate of drug-likeness (QED) is 0.625. The molecule has 0 aliphatic heterocycles. The number of ether oxygens (including phenoxy) is 1. The largest absolute Gasteiger partial charge is 0.389 e. The van der Waals surface area contributed by atoms with Crippen LogP contribution in [-0.2, 0) is 11.3 Å². The number of aromatic amines is 1. The highest BCUT2D eigenvalue weighted by atomic mass is 16.5. The van der Waals surface area contributed by atoms with E-state index in [1.165, 1.54) is 0 Å². The van der Waals surface area contributed by atoms with Crippen molar-refractivity contribution in [3.05, 3.63) is 71.9 Å². The molecule has 0 radical (unpaired) electrons. The zero-order valence-electron chi connectivity index (χ0n) is 13.2. The predicted octanol–water partition coefficient (Wildman–Crippen LogP) is 2.48. The summed E-state index contributed by atoms with van der Waals surface area (Å²) >= 11 is 0. The van der Waals surface area contributed by atoms with Gasteiger partial charge in [0.05, 0.1) is 19.3 Å². The third-order valence-electron chi connectivity index (χ3n) is 3.74. The number of fused-ring (bicyclic) bond motifs is 1. The third kappa shape index (κ3) is 4.22. The third-order valence-corrected chi connectivity index (χ3v) is 3.74. The second-order valence-electron chi connectivity index (χ2n) is 5.64. The highest BCUT2D eigenvalue weighted by Gasteiger charge is 2.10. The molecule has 2 aromatic carbocycles. The molecule has 0 bridgehead atoms. The van der Waals surface area contributed by atoms with E-state index in [9.17, 15) is 9.90 Å². The van der Waals surface area contributed by atoms with Gasteiger partial charge < -0.3 is 20.1 Å². The van der Waals surface area contributed by atoms with Crippen LogP contribution < -0.4 is 5.32 Å². The van der Waals surface area contributed by atoms with Crippen LogP contribution in [0.3, 0.4) is 0 Å². The Balaban J connectivity index is 1.43. The van der Waals surface area contributed by atoms with Crippen LogP contribution in [0.15, 0.2) is 60.8 Å². The first kappa shape index (κ1) is 16.2. The Labute approximate surface area is 140 Å². The van der Waals surface area contributed by atoms with E-state index in [4.69, 9.17) is 4.74 Å². The molecule has 0 saturated heterocycles. The van der Waals surface area contributed by atoms with Crippen LogP contribution in [0.1, 0.15) is 15.9 Å². The van der Waals surface area contributed by atoms with Gasteiger partial charge in [-0.1, -0.05) is 30.3 Å². The van der Waals surface area contributed by atoms with Gasteiger partial charge in [0.1, 0.15) is 0 Å². The number of aromatic nitrogens is 1. The van der Waals surface area contributed by atoms with Crippen molar-refractivity contribution in [2.24, 2.45) is 0 Å². The number of aliphatic hydroxyl groups excluding tert-OH is 1. The number of amides is 1. The van der Waals surface area contributed by atoms with Crippen molar-refractivity contribution in [3.8, 4) is 0 Å². The van der Waals surface area contributed by atoms with E-state index < -0.39 is 6.10 Å². The van der Waals surface area contributed by atoms with Gasteiger partial charge in [0, 0.05) is 29.2 Å². The molecule has 1 heterocycles. The molecule has 0 saturated carbocycles. The second kappa shape index (κ2) is 7.77. The van der Waals surface area contributed by atoms with Crippen molar-refractivity contribution in [1.29, 1.82) is 0 Å². The summed E-state index contributed by atoms with van der Waals surface area (Å²) < 4.78 is 5.46. The molecular formula is C19H20N2O3. The molecule has 124 valence electrons. The van der Waals surface area contributed by atoms with Crippen molar-refractivity contribution in [3.63, 3.8) is 0 Å². The van der Waals surface area contributed by atoms with Crippen molar-refractivity contribution in [2.75, 3.05) is 13.2 Å². The van der Waals surface area contributed by atoms with E-state index in [1.54, 1.807) is 6.07 Å². The van der Waals surface area contributed by atoms with E-state index in [2.05, 4.69) is 10.3 Å². The lowest BCUT2D eigenvalue weighted by molar-refractivity contribution is 0.0285. The summed E-state index contributed by atoms with van der Waals surface area (Å²) in [7, 11) is 0. The number of H-pyrrole nitrogens is 1. The molecule has 0 unspecified atom stereocenters. The van der Waals surface area contributed by atoms with Gasteiger partial charge in [0.25, 0.3) is 5.91 Å². The molecule has 1 atom stereocenters. The summed E-state index contributed by atoms with van der Waals surface area (Å²) in [5.41, 5.74) is 2.61. The molecule has 3 aromatic rings. The van der Waals surface area contributed by atoms with Crippen molar-refractivity contribution >= 4 is 16.8 Å². The zero-order valence-corrected chi connectivity index (χ0v) is 13.2. The topological polar surface area (TPSA) is 74.3 Å². The molecule has 3 rings (SSSR count). The van der Waals surface area contributed by atoms with Crippen molar-refractivity contribution < 1.29 is 14.6 Å². The van der Waals surface area contributed by atoms with Gasteiger partial charge in [-0.25, -0.2) is 0 Å². The maximum Gasteiger partial charge on any atom is 0.251 e. The molecule has 1 amide bonds. The summed E-state index contributed by atoms with van der Waals surface area (Å²) in [5, 5.41) is 13.6. The second-order valence-corrected chi connectivity index (χ2v) is 5.64. The molecule has 0 aliphatic carbocycles. The molecule has 0 aliphatic rings. The summed E-state index contributed by atoms with van der Waals surface area (Å²) in [4.78, 5) is 15.2. The van der Waals surface area contributed by atoms with Gasteiger partial charge in [0.2, 0.25) is 0 Å². The van der Waals surface area contributed by atoms with Gasteiger partial charge in [-0.15, -0.1) is 0 Å². The van der Waals surface area contributed by atoms with E-state index in [0.717, 1.165) is 16.5 Å². The number of hydrogen-bond acceptors (Lipinski definition) is 3. The Morgan fingerprint density at radius 3 is 2.83 bits per heavy atom. The summed E-state index contributed by atoms with van der Waals surface area (Å²) in [5.74, 6) is -0.208. The Kier molecular flexibility index (Phi) is 5.25. The Bertz CT molecular complexity index is 798. The number of aliphatic hydroxyl groups is 1. The van der Waals surface area contributed by atoms with E-state index >= 15 is 0 Å². The van der Waals surface area contributed by atoms with Crippen molar-refractivity contribution in [2.45, 2.75) is 12.7 Å². The number of benzene rings is 2. The van der Waals surface area contributed by atoms with Crippen LogP contribution in [0.5, 0.6) is 0 Å². The molecule has 0 fully saturated rings. The van der Waals surface area contributed by atoms with Crippen LogP contribution >= 0.6 is 0 Å². The summed E-state index contributed by atoms with van der Waals surface area (Å²) in [6, 6.07) is 17.1. The molecule has 1 aromatic heterocycles. The van der Waals surface area contributed by atoms with Crippen LogP contribution in [0, 0.1) is 0 Å². The number of carbonyl (C=O) groups is 1. The number of carbonyl (C=O) groups excluding carboxylic acids is 1. The maximum absolute atomic E-state index is 12.1. The van der Waals surface area contributed by atoms with Crippen LogP contribution in [-0.4, -0.2) is 35.3 Å². The first-order chi connectivity index (χ1) is 11.7. The van der Waals surface area contributed by atoms with Gasteiger partial charge in [0.15, 0.2) is 0 Å². The highest BCUT2D eigenvalue weighted by molar-refractivity contribution is 5.98. The Morgan fingerprint density at radius 2 is 2.00 bits per heavy atom. The molecular weight excluding hydrogens is 304 g/mol. The fourth-order valence-electron chi connectivity index (χ4n) is 2.45. The van der Waals surface area contributed by atoms with E-state index in [1.807, 2.05) is 54.7 Å². The van der Waals surface area contributed by atoms with Gasteiger partial charge in [-0.2, -0.15) is 0 Å². The lowest BCUT2D eigenvalue weighted by Crippen LogP contribution is -2.34. The van der Waals surface area contributed by atoms with Crippen LogP contribution in [0.2, 0.25) is 0 Å². The first-order valence-corrected chi connectivity index (χ1v) is 7.87.